The predicted octanol–water partition coefficient (Wildman–Crippen LogP) is 2.06. The van der Waals surface area contributed by atoms with E-state index in [0.717, 1.165) is 23.0 Å². The largest absolute Gasteiger partial charge is 0.376 e. The van der Waals surface area contributed by atoms with Gasteiger partial charge in [-0.15, -0.1) is 0 Å². The van der Waals surface area contributed by atoms with E-state index in [-0.39, 0.29) is 6.04 Å². The summed E-state index contributed by atoms with van der Waals surface area (Å²) in [5.74, 6) is 0.679. The van der Waals surface area contributed by atoms with E-state index in [2.05, 4.69) is 44.8 Å². The standard InChI is InChI=1S/C10H14IN3O/c1-7(9-3-2-4-15-9)14-10-12-5-8(11)6-13-10/h5-7,9H,2-4H2,1H3,(H,12,13,14). The molecule has 2 atom stereocenters. The molecule has 1 fully saturated rings. The SMILES string of the molecule is CC(Nc1ncc(I)cn1)C1CCCO1. The topological polar surface area (TPSA) is 47.0 Å². The summed E-state index contributed by atoms with van der Waals surface area (Å²) in [6, 6.07) is 0.271. The van der Waals surface area contributed by atoms with Gasteiger partial charge in [0, 0.05) is 22.6 Å². The molecule has 0 spiro atoms. The van der Waals surface area contributed by atoms with Crippen LogP contribution in [0.1, 0.15) is 19.8 Å². The molecule has 1 aromatic rings. The van der Waals surface area contributed by atoms with E-state index >= 15 is 0 Å². The van der Waals surface area contributed by atoms with Crippen molar-refractivity contribution in [1.82, 2.24) is 9.97 Å². The summed E-state index contributed by atoms with van der Waals surface area (Å²) in [5, 5.41) is 3.26. The molecule has 0 aliphatic carbocycles. The number of hydrogen-bond acceptors (Lipinski definition) is 4. The molecule has 1 aliphatic heterocycles. The van der Waals surface area contributed by atoms with Crippen LogP contribution in [-0.2, 0) is 4.74 Å². The maximum Gasteiger partial charge on any atom is 0.222 e. The fraction of sp³-hybridized carbons (Fsp3) is 0.600. The van der Waals surface area contributed by atoms with Gasteiger partial charge in [-0.2, -0.15) is 0 Å². The average molecular weight is 319 g/mol. The second-order valence-electron chi connectivity index (χ2n) is 3.71. The molecule has 0 saturated carbocycles. The Morgan fingerprint density at radius 2 is 2.27 bits per heavy atom. The molecule has 0 aromatic carbocycles. The number of hydrogen-bond donors (Lipinski definition) is 1. The summed E-state index contributed by atoms with van der Waals surface area (Å²) in [6.07, 6.45) is 6.19. The third-order valence-corrected chi connectivity index (χ3v) is 3.06. The second kappa shape index (κ2) is 5.07. The smallest absolute Gasteiger partial charge is 0.222 e. The van der Waals surface area contributed by atoms with Gasteiger partial charge in [0.25, 0.3) is 0 Å². The molecule has 1 aliphatic rings. The minimum absolute atomic E-state index is 0.271. The van der Waals surface area contributed by atoms with Gasteiger partial charge in [0.15, 0.2) is 0 Å². The van der Waals surface area contributed by atoms with E-state index < -0.39 is 0 Å². The molecule has 4 nitrogen and oxygen atoms in total. The minimum Gasteiger partial charge on any atom is -0.376 e. The van der Waals surface area contributed by atoms with Crippen molar-refractivity contribution in [3.05, 3.63) is 16.0 Å². The number of halogens is 1. The molecule has 2 rings (SSSR count). The van der Waals surface area contributed by atoms with Crippen molar-refractivity contribution in [1.29, 1.82) is 0 Å². The van der Waals surface area contributed by atoms with Gasteiger partial charge in [0.1, 0.15) is 0 Å². The van der Waals surface area contributed by atoms with Crippen LogP contribution >= 0.6 is 22.6 Å². The molecule has 1 aromatic heterocycles. The van der Waals surface area contributed by atoms with E-state index in [4.69, 9.17) is 4.74 Å². The summed E-state index contributed by atoms with van der Waals surface area (Å²) in [5.41, 5.74) is 0. The molecule has 1 saturated heterocycles. The first-order valence-electron chi connectivity index (χ1n) is 5.11. The Morgan fingerprint density at radius 1 is 1.53 bits per heavy atom. The fourth-order valence-corrected chi connectivity index (χ4v) is 1.96. The average Bonchev–Trinajstić information content (AvgIpc) is 2.74. The van der Waals surface area contributed by atoms with Gasteiger partial charge < -0.3 is 10.1 Å². The van der Waals surface area contributed by atoms with Crippen LogP contribution in [0.25, 0.3) is 0 Å². The molecule has 2 heterocycles. The first-order valence-corrected chi connectivity index (χ1v) is 6.19. The predicted molar refractivity (Wildman–Crippen MR) is 66.8 cm³/mol. The highest BCUT2D eigenvalue weighted by Crippen LogP contribution is 2.17. The Hall–Kier alpha value is -0.430. The lowest BCUT2D eigenvalue weighted by atomic mass is 10.1. The Labute approximate surface area is 103 Å². The van der Waals surface area contributed by atoms with Crippen LogP contribution in [0.5, 0.6) is 0 Å². The number of ether oxygens (including phenoxy) is 1. The normalized spacial score (nSPS) is 22.7. The number of nitrogens with one attached hydrogen (secondary N) is 1. The van der Waals surface area contributed by atoms with E-state index in [0.29, 0.717) is 12.1 Å². The van der Waals surface area contributed by atoms with Crippen molar-refractivity contribution < 1.29 is 4.74 Å². The Balaban J connectivity index is 1.92. The zero-order chi connectivity index (χ0) is 10.7. The van der Waals surface area contributed by atoms with Crippen LogP contribution in [-0.4, -0.2) is 28.7 Å². The van der Waals surface area contributed by atoms with E-state index in [9.17, 15) is 0 Å². The van der Waals surface area contributed by atoms with Crippen molar-refractivity contribution in [2.45, 2.75) is 31.9 Å². The van der Waals surface area contributed by atoms with Crippen LogP contribution in [0.3, 0.4) is 0 Å². The molecule has 5 heteroatoms. The summed E-state index contributed by atoms with van der Waals surface area (Å²) in [6.45, 7) is 2.99. The molecular formula is C10H14IN3O. The van der Waals surface area contributed by atoms with E-state index in [1.165, 1.54) is 0 Å². The molecule has 0 bridgehead atoms. The van der Waals surface area contributed by atoms with Gasteiger partial charge >= 0.3 is 0 Å². The summed E-state index contributed by atoms with van der Waals surface area (Å²) < 4.78 is 6.64. The van der Waals surface area contributed by atoms with Gasteiger partial charge in [-0.3, -0.25) is 0 Å². The van der Waals surface area contributed by atoms with E-state index in [1.807, 2.05) is 0 Å². The third-order valence-electron chi connectivity index (χ3n) is 2.50. The molecule has 1 N–H and O–H groups in total. The van der Waals surface area contributed by atoms with Crippen molar-refractivity contribution in [2.24, 2.45) is 0 Å². The van der Waals surface area contributed by atoms with Gasteiger partial charge in [-0.05, 0) is 42.4 Å². The Morgan fingerprint density at radius 3 is 2.87 bits per heavy atom. The summed E-state index contributed by atoms with van der Waals surface area (Å²) in [7, 11) is 0. The number of nitrogens with zero attached hydrogens (tertiary/aromatic N) is 2. The highest BCUT2D eigenvalue weighted by molar-refractivity contribution is 14.1. The molecule has 82 valence electrons. The lowest BCUT2D eigenvalue weighted by Crippen LogP contribution is -2.30. The Bertz CT molecular complexity index is 311. The lowest BCUT2D eigenvalue weighted by molar-refractivity contribution is 0.0994. The highest BCUT2D eigenvalue weighted by atomic mass is 127. The zero-order valence-electron chi connectivity index (χ0n) is 8.61. The minimum atomic E-state index is 0.271. The van der Waals surface area contributed by atoms with Gasteiger partial charge in [0.05, 0.1) is 12.1 Å². The molecule has 2 unspecified atom stereocenters. The number of aromatic nitrogens is 2. The lowest BCUT2D eigenvalue weighted by Gasteiger charge is -2.19. The first-order chi connectivity index (χ1) is 7.25. The van der Waals surface area contributed by atoms with Crippen molar-refractivity contribution in [3.63, 3.8) is 0 Å². The fourth-order valence-electron chi connectivity index (χ4n) is 1.68. The quantitative estimate of drug-likeness (QED) is 0.867. The third kappa shape index (κ3) is 3.01. The van der Waals surface area contributed by atoms with Crippen molar-refractivity contribution in [2.75, 3.05) is 11.9 Å². The highest BCUT2D eigenvalue weighted by Gasteiger charge is 2.22. The van der Waals surface area contributed by atoms with Gasteiger partial charge in [0.2, 0.25) is 5.95 Å². The van der Waals surface area contributed by atoms with Crippen molar-refractivity contribution >= 4 is 28.5 Å². The van der Waals surface area contributed by atoms with Crippen LogP contribution in [0, 0.1) is 3.57 Å². The van der Waals surface area contributed by atoms with Crippen LogP contribution < -0.4 is 5.32 Å². The Kier molecular flexibility index (Phi) is 3.74. The molecule has 0 radical (unpaired) electrons. The molecule has 15 heavy (non-hydrogen) atoms. The maximum absolute atomic E-state index is 5.59. The first kappa shape index (κ1) is 11.1. The number of anilines is 1. The summed E-state index contributed by atoms with van der Waals surface area (Å²) >= 11 is 2.19. The molecule has 0 amide bonds. The van der Waals surface area contributed by atoms with Crippen LogP contribution in [0.4, 0.5) is 5.95 Å². The van der Waals surface area contributed by atoms with Gasteiger partial charge in [-0.25, -0.2) is 9.97 Å². The summed E-state index contributed by atoms with van der Waals surface area (Å²) in [4.78, 5) is 8.41. The zero-order valence-corrected chi connectivity index (χ0v) is 10.8. The van der Waals surface area contributed by atoms with Crippen LogP contribution in [0.2, 0.25) is 0 Å². The maximum atomic E-state index is 5.59. The van der Waals surface area contributed by atoms with Crippen molar-refractivity contribution in [3.8, 4) is 0 Å². The van der Waals surface area contributed by atoms with E-state index in [1.54, 1.807) is 12.4 Å². The number of rotatable bonds is 3. The second-order valence-corrected chi connectivity index (χ2v) is 4.96. The van der Waals surface area contributed by atoms with Gasteiger partial charge in [-0.1, -0.05) is 0 Å². The van der Waals surface area contributed by atoms with Crippen LogP contribution in [0.15, 0.2) is 12.4 Å². The monoisotopic (exact) mass is 319 g/mol. The molecular weight excluding hydrogens is 305 g/mol.